The van der Waals surface area contributed by atoms with Crippen molar-refractivity contribution in [1.82, 2.24) is 10.2 Å². The van der Waals surface area contributed by atoms with Gasteiger partial charge in [-0.25, -0.2) is 4.79 Å². The molecule has 1 aliphatic rings. The third kappa shape index (κ3) is 4.30. The van der Waals surface area contributed by atoms with E-state index in [1.807, 2.05) is 55.4 Å². The summed E-state index contributed by atoms with van der Waals surface area (Å²) in [6.07, 6.45) is 1.99. The molecule has 2 aromatic carbocycles. The van der Waals surface area contributed by atoms with Crippen LogP contribution in [0.2, 0.25) is 0 Å². The molecule has 7 nitrogen and oxygen atoms in total. The second kappa shape index (κ2) is 8.57. The zero-order valence-electron chi connectivity index (χ0n) is 17.9. The van der Waals surface area contributed by atoms with E-state index in [1.54, 1.807) is 19.1 Å². The van der Waals surface area contributed by atoms with Crippen LogP contribution in [0.5, 0.6) is 0 Å². The van der Waals surface area contributed by atoms with Crippen molar-refractivity contribution >= 4 is 29.2 Å². The van der Waals surface area contributed by atoms with Crippen LogP contribution in [0.4, 0.5) is 16.2 Å². The molecule has 4 amide bonds. The van der Waals surface area contributed by atoms with Crippen molar-refractivity contribution in [3.63, 3.8) is 0 Å². The van der Waals surface area contributed by atoms with Crippen LogP contribution in [0.1, 0.15) is 31.4 Å². The third-order valence-electron chi connectivity index (χ3n) is 5.31. The lowest BCUT2D eigenvalue weighted by Gasteiger charge is -2.22. The lowest BCUT2D eigenvalue weighted by molar-refractivity contribution is -0.133. The van der Waals surface area contributed by atoms with Crippen molar-refractivity contribution in [3.8, 4) is 0 Å². The second-order valence-corrected chi connectivity index (χ2v) is 7.88. The number of rotatable bonds is 7. The van der Waals surface area contributed by atoms with Crippen molar-refractivity contribution in [2.45, 2.75) is 32.2 Å². The number of imide groups is 1. The molecule has 7 heteroatoms. The Labute approximate surface area is 177 Å². The average molecular weight is 409 g/mol. The Morgan fingerprint density at radius 2 is 1.70 bits per heavy atom. The first-order chi connectivity index (χ1) is 14.2. The number of aryl methyl sites for hydroxylation is 1. The molecule has 158 valence electrons. The first-order valence-electron chi connectivity index (χ1n) is 10.1. The number of carbonyl (C=O) groups excluding carboxylic acids is 3. The highest BCUT2D eigenvalue weighted by molar-refractivity contribution is 6.10. The summed E-state index contributed by atoms with van der Waals surface area (Å²) < 4.78 is 0. The molecule has 1 fully saturated rings. The maximum atomic E-state index is 13.0. The summed E-state index contributed by atoms with van der Waals surface area (Å²) in [5.41, 5.74) is 2.30. The number of anilines is 2. The van der Waals surface area contributed by atoms with Crippen LogP contribution >= 0.6 is 0 Å². The SMILES string of the molecule is CCCc1ccc([C@]2(C)NC(=O)N(CC(=O)Nc3ccc(N(C)C)cc3)C2=O)cc1. The van der Waals surface area contributed by atoms with Crippen LogP contribution in [0, 0.1) is 0 Å². The normalized spacial score (nSPS) is 18.3. The second-order valence-electron chi connectivity index (χ2n) is 7.88. The zero-order chi connectivity index (χ0) is 21.9. The van der Waals surface area contributed by atoms with Gasteiger partial charge in [0.2, 0.25) is 5.91 Å². The van der Waals surface area contributed by atoms with E-state index in [-0.39, 0.29) is 6.54 Å². The highest BCUT2D eigenvalue weighted by atomic mass is 16.2. The number of hydrogen-bond acceptors (Lipinski definition) is 4. The Morgan fingerprint density at radius 3 is 2.27 bits per heavy atom. The summed E-state index contributed by atoms with van der Waals surface area (Å²) in [5.74, 6) is -0.868. The van der Waals surface area contributed by atoms with E-state index >= 15 is 0 Å². The molecule has 0 spiro atoms. The predicted molar refractivity (Wildman–Crippen MR) is 117 cm³/mol. The zero-order valence-corrected chi connectivity index (χ0v) is 17.9. The predicted octanol–water partition coefficient (Wildman–Crippen LogP) is 3.11. The number of amides is 4. The third-order valence-corrected chi connectivity index (χ3v) is 5.31. The minimum atomic E-state index is -1.19. The Balaban J connectivity index is 1.68. The first-order valence-corrected chi connectivity index (χ1v) is 10.1. The van der Waals surface area contributed by atoms with Gasteiger partial charge in [0.25, 0.3) is 5.91 Å². The van der Waals surface area contributed by atoms with Gasteiger partial charge < -0.3 is 15.5 Å². The van der Waals surface area contributed by atoms with Gasteiger partial charge in [-0.2, -0.15) is 0 Å². The van der Waals surface area contributed by atoms with Gasteiger partial charge in [-0.3, -0.25) is 14.5 Å². The first kappa shape index (κ1) is 21.4. The van der Waals surface area contributed by atoms with Crippen LogP contribution < -0.4 is 15.5 Å². The highest BCUT2D eigenvalue weighted by Crippen LogP contribution is 2.29. The van der Waals surface area contributed by atoms with E-state index in [0.29, 0.717) is 11.3 Å². The lowest BCUT2D eigenvalue weighted by atomic mass is 9.91. The summed E-state index contributed by atoms with van der Waals surface area (Å²) in [5, 5.41) is 5.47. The van der Waals surface area contributed by atoms with Crippen molar-refractivity contribution in [1.29, 1.82) is 0 Å². The molecule has 0 aromatic heterocycles. The molecule has 0 radical (unpaired) electrons. The molecular formula is C23H28N4O3. The molecular weight excluding hydrogens is 380 g/mol. The van der Waals surface area contributed by atoms with Crippen molar-refractivity contribution < 1.29 is 14.4 Å². The van der Waals surface area contributed by atoms with Gasteiger partial charge in [0.1, 0.15) is 12.1 Å². The largest absolute Gasteiger partial charge is 0.378 e. The summed E-state index contributed by atoms with van der Waals surface area (Å²) in [6, 6.07) is 14.4. The molecule has 1 aliphatic heterocycles. The molecule has 0 bridgehead atoms. The monoisotopic (exact) mass is 408 g/mol. The van der Waals surface area contributed by atoms with E-state index in [4.69, 9.17) is 0 Å². The number of nitrogens with zero attached hydrogens (tertiary/aromatic N) is 2. The fraction of sp³-hybridized carbons (Fsp3) is 0.348. The topological polar surface area (TPSA) is 81.8 Å². The standard InChI is InChI=1S/C23H28N4O3/c1-5-6-16-7-9-17(10-8-16)23(2)21(29)27(22(30)25-23)15-20(28)24-18-11-13-19(14-12-18)26(3)4/h7-14H,5-6,15H2,1-4H3,(H,24,28)(H,25,30)/t23-/m0/s1. The number of nitrogens with one attached hydrogen (secondary N) is 2. The Bertz CT molecular complexity index is 938. The molecule has 3 rings (SSSR count). The van der Waals surface area contributed by atoms with Gasteiger partial charge >= 0.3 is 6.03 Å². The van der Waals surface area contributed by atoms with Gasteiger partial charge in [0.05, 0.1) is 0 Å². The van der Waals surface area contributed by atoms with E-state index in [1.165, 1.54) is 5.56 Å². The molecule has 0 saturated carbocycles. The molecule has 2 aromatic rings. The number of carbonyl (C=O) groups is 3. The van der Waals surface area contributed by atoms with Gasteiger partial charge in [0, 0.05) is 25.5 Å². The summed E-state index contributed by atoms with van der Waals surface area (Å²) >= 11 is 0. The van der Waals surface area contributed by atoms with Gasteiger partial charge in [-0.15, -0.1) is 0 Å². The lowest BCUT2D eigenvalue weighted by Crippen LogP contribution is -2.42. The van der Waals surface area contributed by atoms with Crippen molar-refractivity contribution in [3.05, 3.63) is 59.7 Å². The quantitative estimate of drug-likeness (QED) is 0.690. The van der Waals surface area contributed by atoms with Crippen LogP contribution in [0.3, 0.4) is 0 Å². The van der Waals surface area contributed by atoms with Gasteiger partial charge in [-0.05, 0) is 48.7 Å². The van der Waals surface area contributed by atoms with Crippen LogP contribution in [-0.2, 0) is 21.5 Å². The highest BCUT2D eigenvalue weighted by Gasteiger charge is 2.49. The van der Waals surface area contributed by atoms with E-state index in [9.17, 15) is 14.4 Å². The number of hydrogen-bond donors (Lipinski definition) is 2. The number of urea groups is 1. The van der Waals surface area contributed by atoms with Crippen LogP contribution in [-0.4, -0.2) is 43.4 Å². The fourth-order valence-electron chi connectivity index (χ4n) is 3.52. The maximum Gasteiger partial charge on any atom is 0.325 e. The summed E-state index contributed by atoms with van der Waals surface area (Å²) in [6.45, 7) is 3.43. The van der Waals surface area contributed by atoms with Gasteiger partial charge in [-0.1, -0.05) is 37.6 Å². The molecule has 0 aliphatic carbocycles. The fourth-order valence-corrected chi connectivity index (χ4v) is 3.52. The minimum absolute atomic E-state index is 0.344. The van der Waals surface area contributed by atoms with Crippen molar-refractivity contribution in [2.75, 3.05) is 30.9 Å². The summed E-state index contributed by atoms with van der Waals surface area (Å²) in [7, 11) is 3.86. The minimum Gasteiger partial charge on any atom is -0.378 e. The molecule has 30 heavy (non-hydrogen) atoms. The molecule has 0 unspecified atom stereocenters. The summed E-state index contributed by atoms with van der Waals surface area (Å²) in [4.78, 5) is 40.8. The Kier molecular flexibility index (Phi) is 6.10. The van der Waals surface area contributed by atoms with E-state index < -0.39 is 23.4 Å². The van der Waals surface area contributed by atoms with Crippen LogP contribution in [0.25, 0.3) is 0 Å². The molecule has 2 N–H and O–H groups in total. The van der Waals surface area contributed by atoms with E-state index in [2.05, 4.69) is 17.6 Å². The van der Waals surface area contributed by atoms with Gasteiger partial charge in [0.15, 0.2) is 0 Å². The molecule has 1 saturated heterocycles. The smallest absolute Gasteiger partial charge is 0.325 e. The molecule has 1 atom stereocenters. The van der Waals surface area contributed by atoms with Crippen molar-refractivity contribution in [2.24, 2.45) is 0 Å². The Hall–Kier alpha value is -3.35. The number of benzene rings is 2. The average Bonchev–Trinajstić information content (AvgIpc) is 2.93. The van der Waals surface area contributed by atoms with Crippen LogP contribution in [0.15, 0.2) is 48.5 Å². The maximum absolute atomic E-state index is 13.0. The Morgan fingerprint density at radius 1 is 1.07 bits per heavy atom. The molecule has 1 heterocycles. The van der Waals surface area contributed by atoms with E-state index in [0.717, 1.165) is 23.4 Å².